The Morgan fingerprint density at radius 1 is 1.29 bits per heavy atom. The highest BCUT2D eigenvalue weighted by Crippen LogP contribution is 2.18. The first-order chi connectivity index (χ1) is 6.52. The molecule has 0 aliphatic carbocycles. The van der Waals surface area contributed by atoms with Crippen LogP contribution >= 0.6 is 11.6 Å². The van der Waals surface area contributed by atoms with Crippen molar-refractivity contribution in [1.82, 2.24) is 9.61 Å². The van der Waals surface area contributed by atoms with Crippen LogP contribution < -0.4 is 4.57 Å². The Balaban J connectivity index is 2.99. The smallest absolute Gasteiger partial charge is 0.228 e. The van der Waals surface area contributed by atoms with E-state index >= 15 is 0 Å². The molecule has 0 bridgehead atoms. The SMILES string of the molecule is Cc1c(Cl)nn2cc(C)[n+](C)c2c1C. The van der Waals surface area contributed by atoms with E-state index in [9.17, 15) is 0 Å². The molecule has 0 aliphatic heterocycles. The first-order valence-corrected chi connectivity index (χ1v) is 4.91. The number of nitrogens with zero attached hydrogens (tertiary/aromatic N) is 3. The molecule has 0 saturated carbocycles. The minimum Gasteiger partial charge on any atom is -0.228 e. The van der Waals surface area contributed by atoms with Gasteiger partial charge in [0.2, 0.25) is 0 Å². The lowest BCUT2D eigenvalue weighted by atomic mass is 10.2. The highest BCUT2D eigenvalue weighted by Gasteiger charge is 2.18. The van der Waals surface area contributed by atoms with Gasteiger partial charge in [-0.2, -0.15) is 0 Å². The maximum absolute atomic E-state index is 6.01. The predicted molar refractivity (Wildman–Crippen MR) is 55.6 cm³/mol. The van der Waals surface area contributed by atoms with Crippen molar-refractivity contribution >= 4 is 17.2 Å². The van der Waals surface area contributed by atoms with Crippen molar-refractivity contribution in [3.63, 3.8) is 0 Å². The zero-order chi connectivity index (χ0) is 10.5. The Morgan fingerprint density at radius 3 is 2.57 bits per heavy atom. The number of hydrogen-bond donors (Lipinski definition) is 0. The van der Waals surface area contributed by atoms with Crippen LogP contribution in [0.1, 0.15) is 16.8 Å². The van der Waals surface area contributed by atoms with Crippen molar-refractivity contribution in [2.45, 2.75) is 20.8 Å². The highest BCUT2D eigenvalue weighted by atomic mass is 35.5. The van der Waals surface area contributed by atoms with Crippen molar-refractivity contribution in [2.24, 2.45) is 7.05 Å². The van der Waals surface area contributed by atoms with Crippen LogP contribution in [0.25, 0.3) is 5.65 Å². The monoisotopic (exact) mass is 210 g/mol. The van der Waals surface area contributed by atoms with Crippen LogP contribution in [-0.2, 0) is 7.05 Å². The van der Waals surface area contributed by atoms with Crippen LogP contribution in [0.4, 0.5) is 0 Å². The lowest BCUT2D eigenvalue weighted by Gasteiger charge is -1.99. The molecule has 0 aliphatic rings. The van der Waals surface area contributed by atoms with Gasteiger partial charge in [0.1, 0.15) is 5.69 Å². The molecule has 0 unspecified atom stereocenters. The van der Waals surface area contributed by atoms with Gasteiger partial charge in [-0.25, -0.2) is 4.57 Å². The number of fused-ring (bicyclic) bond motifs is 1. The molecule has 0 atom stereocenters. The summed E-state index contributed by atoms with van der Waals surface area (Å²) < 4.78 is 3.95. The van der Waals surface area contributed by atoms with Crippen LogP contribution in [0.3, 0.4) is 0 Å². The third-order valence-electron chi connectivity index (χ3n) is 2.78. The minimum atomic E-state index is 0.575. The van der Waals surface area contributed by atoms with Gasteiger partial charge in [-0.1, -0.05) is 21.2 Å². The van der Waals surface area contributed by atoms with Gasteiger partial charge in [0.15, 0.2) is 11.3 Å². The number of hydrogen-bond acceptors (Lipinski definition) is 1. The summed E-state index contributed by atoms with van der Waals surface area (Å²) in [5, 5.41) is 4.85. The van der Waals surface area contributed by atoms with E-state index in [1.807, 2.05) is 24.7 Å². The third-order valence-corrected chi connectivity index (χ3v) is 3.13. The molecule has 3 nitrogen and oxygen atoms in total. The lowest BCUT2D eigenvalue weighted by Crippen LogP contribution is -2.30. The highest BCUT2D eigenvalue weighted by molar-refractivity contribution is 6.30. The quantitative estimate of drug-likeness (QED) is 0.607. The second kappa shape index (κ2) is 2.95. The largest absolute Gasteiger partial charge is 0.310 e. The van der Waals surface area contributed by atoms with E-state index in [2.05, 4.69) is 23.5 Å². The van der Waals surface area contributed by atoms with E-state index in [-0.39, 0.29) is 0 Å². The fraction of sp³-hybridized carbons (Fsp3) is 0.400. The number of imidazole rings is 1. The fourth-order valence-electron chi connectivity index (χ4n) is 1.64. The molecule has 4 heteroatoms. The van der Waals surface area contributed by atoms with Crippen molar-refractivity contribution in [3.8, 4) is 0 Å². The molecule has 2 aromatic heterocycles. The van der Waals surface area contributed by atoms with Crippen LogP contribution in [0.5, 0.6) is 0 Å². The number of rotatable bonds is 0. The summed E-state index contributed by atoms with van der Waals surface area (Å²) in [6.45, 7) is 6.11. The molecule has 0 radical (unpaired) electrons. The summed E-state index contributed by atoms with van der Waals surface area (Å²) in [5.41, 5.74) is 4.50. The molecule has 2 heterocycles. The number of halogens is 1. The molecule has 0 amide bonds. The van der Waals surface area contributed by atoms with E-state index in [1.165, 1.54) is 11.3 Å². The van der Waals surface area contributed by atoms with Crippen LogP contribution in [0.2, 0.25) is 5.15 Å². The summed E-state index contributed by atoms with van der Waals surface area (Å²) in [7, 11) is 2.03. The molecule has 0 aromatic carbocycles. The maximum Gasteiger partial charge on any atom is 0.310 e. The van der Waals surface area contributed by atoms with Crippen LogP contribution in [0.15, 0.2) is 6.20 Å². The summed E-state index contributed by atoms with van der Waals surface area (Å²) in [4.78, 5) is 0. The molecule has 0 N–H and O–H groups in total. The Kier molecular flexibility index (Phi) is 2.00. The Labute approximate surface area is 87.9 Å². The standard InChI is InChI=1S/C10H13ClN3/c1-6-5-14-10(13(6)4)8(3)7(2)9(11)12-14/h5H,1-4H3/q+1. The average molecular weight is 211 g/mol. The molecule has 0 spiro atoms. The van der Waals surface area contributed by atoms with Gasteiger partial charge in [0, 0.05) is 18.1 Å². The topological polar surface area (TPSA) is 21.2 Å². The first kappa shape index (κ1) is 9.46. The molecule has 14 heavy (non-hydrogen) atoms. The van der Waals surface area contributed by atoms with Crippen molar-refractivity contribution < 1.29 is 4.57 Å². The van der Waals surface area contributed by atoms with Gasteiger partial charge in [-0.3, -0.25) is 0 Å². The molecule has 2 rings (SSSR count). The van der Waals surface area contributed by atoms with Gasteiger partial charge in [0.05, 0.1) is 7.05 Å². The van der Waals surface area contributed by atoms with Gasteiger partial charge >= 0.3 is 5.65 Å². The lowest BCUT2D eigenvalue weighted by molar-refractivity contribution is -0.651. The zero-order valence-electron chi connectivity index (χ0n) is 8.80. The zero-order valence-corrected chi connectivity index (χ0v) is 9.55. The number of aryl methyl sites for hydroxylation is 3. The van der Waals surface area contributed by atoms with Gasteiger partial charge in [-0.05, 0) is 13.8 Å². The van der Waals surface area contributed by atoms with Gasteiger partial charge < -0.3 is 0 Å². The Morgan fingerprint density at radius 2 is 1.93 bits per heavy atom. The van der Waals surface area contributed by atoms with E-state index < -0.39 is 0 Å². The van der Waals surface area contributed by atoms with Crippen LogP contribution in [0, 0.1) is 20.8 Å². The van der Waals surface area contributed by atoms with Crippen molar-refractivity contribution in [2.75, 3.05) is 0 Å². The Bertz CT molecular complexity index is 514. The summed E-state index contributed by atoms with van der Waals surface area (Å²) in [6.07, 6.45) is 1.98. The second-order valence-corrected chi connectivity index (χ2v) is 4.00. The molecule has 2 aromatic rings. The molecule has 0 fully saturated rings. The maximum atomic E-state index is 6.01. The molecular formula is C10H13ClN3+. The normalized spacial score (nSPS) is 11.2. The average Bonchev–Trinajstić information content (AvgIpc) is 2.39. The molecule has 74 valence electrons. The fourth-order valence-corrected chi connectivity index (χ4v) is 1.86. The van der Waals surface area contributed by atoms with Gasteiger partial charge in [-0.15, -0.1) is 0 Å². The van der Waals surface area contributed by atoms with E-state index in [4.69, 9.17) is 11.6 Å². The minimum absolute atomic E-state index is 0.575. The van der Waals surface area contributed by atoms with E-state index in [1.54, 1.807) is 0 Å². The summed E-state index contributed by atoms with van der Waals surface area (Å²) >= 11 is 6.01. The first-order valence-electron chi connectivity index (χ1n) is 4.53. The van der Waals surface area contributed by atoms with E-state index in [0.717, 1.165) is 11.2 Å². The second-order valence-electron chi connectivity index (χ2n) is 3.64. The predicted octanol–water partition coefficient (Wildman–Crippen LogP) is 1.74. The Hall–Kier alpha value is -1.09. The van der Waals surface area contributed by atoms with Crippen LogP contribution in [-0.4, -0.2) is 9.61 Å². The van der Waals surface area contributed by atoms with Crippen molar-refractivity contribution in [1.29, 1.82) is 0 Å². The van der Waals surface area contributed by atoms with Crippen molar-refractivity contribution in [3.05, 3.63) is 28.2 Å². The van der Waals surface area contributed by atoms with E-state index in [0.29, 0.717) is 5.15 Å². The summed E-state index contributed by atoms with van der Waals surface area (Å²) in [5.74, 6) is 0. The number of aromatic nitrogens is 3. The molecule has 0 saturated heterocycles. The van der Waals surface area contributed by atoms with Gasteiger partial charge in [0.25, 0.3) is 0 Å². The molecular weight excluding hydrogens is 198 g/mol. The summed E-state index contributed by atoms with van der Waals surface area (Å²) in [6, 6.07) is 0. The third kappa shape index (κ3) is 1.12.